The smallest absolute Gasteiger partial charge is 0.181 e. The second kappa shape index (κ2) is 12.3. The fourth-order valence-electron chi connectivity index (χ4n) is 7.34. The molecule has 0 radical (unpaired) electrons. The van der Waals surface area contributed by atoms with E-state index in [1.807, 2.05) is 24.3 Å². The van der Waals surface area contributed by atoms with Crippen molar-refractivity contribution in [3.8, 4) is 67.7 Å². The van der Waals surface area contributed by atoms with E-state index in [1.165, 1.54) is 34.7 Å². The Hall–Kier alpha value is -7.18. The molecule has 10 rings (SSSR count). The molecule has 244 valence electrons. The molecule has 52 heavy (non-hydrogen) atoms. The number of benzene rings is 6. The van der Waals surface area contributed by atoms with Gasteiger partial charge in [-0.05, 0) is 84.9 Å². The summed E-state index contributed by atoms with van der Waals surface area (Å²) in [5.41, 5.74) is 9.84. The van der Waals surface area contributed by atoms with Gasteiger partial charge < -0.3 is 8.83 Å². The van der Waals surface area contributed by atoms with Crippen molar-refractivity contribution in [2.24, 2.45) is 0 Å². The van der Waals surface area contributed by atoms with Crippen molar-refractivity contribution in [1.82, 2.24) is 19.9 Å². The van der Waals surface area contributed by atoms with Crippen molar-refractivity contribution in [3.63, 3.8) is 0 Å². The molecular weight excluding hydrogens is 641 g/mol. The lowest BCUT2D eigenvalue weighted by Gasteiger charge is -2.18. The largest absolute Gasteiger partial charge is 0.442 e. The Balaban J connectivity index is 1.20. The molecule has 0 unspecified atom stereocenters. The summed E-state index contributed by atoms with van der Waals surface area (Å²) in [4.78, 5) is 18.5. The quantitative estimate of drug-likeness (QED) is 0.164. The lowest BCUT2D eigenvalue weighted by Crippen LogP contribution is -1.95. The maximum atomic E-state index is 5.65. The molecule has 4 aromatic heterocycles. The number of aromatic nitrogens is 4. The highest BCUT2D eigenvalue weighted by atomic mass is 16.3. The second-order valence-corrected chi connectivity index (χ2v) is 12.7. The molecule has 0 atom stereocenters. The van der Waals surface area contributed by atoms with Crippen LogP contribution in [0.3, 0.4) is 0 Å². The van der Waals surface area contributed by atoms with Gasteiger partial charge in [-0.15, -0.1) is 0 Å². The molecule has 10 aromatic rings. The summed E-state index contributed by atoms with van der Waals surface area (Å²) in [6.45, 7) is 0. The van der Waals surface area contributed by atoms with E-state index in [-0.39, 0.29) is 0 Å². The predicted molar refractivity (Wildman–Crippen MR) is 207 cm³/mol. The molecule has 0 aliphatic carbocycles. The first-order valence-corrected chi connectivity index (χ1v) is 17.1. The van der Waals surface area contributed by atoms with Crippen LogP contribution in [0.4, 0.5) is 0 Å². The topological polar surface area (TPSA) is 77.8 Å². The third-order valence-electron chi connectivity index (χ3n) is 9.72. The van der Waals surface area contributed by atoms with Crippen LogP contribution in [-0.4, -0.2) is 19.9 Å². The SMILES string of the molecule is c1cc(-c2cnco2)nc(-c2c3ccccc3c(-c3cccc(-c4cnco4)n3)c3cc(-c4ccc(-c5cccc6ccccc56)cc4)ccc23)c1. The number of rotatable bonds is 6. The zero-order valence-electron chi connectivity index (χ0n) is 27.8. The Morgan fingerprint density at radius 3 is 1.50 bits per heavy atom. The lowest BCUT2D eigenvalue weighted by molar-refractivity contribution is 0.569. The molecular formula is C46H28N4O2. The summed E-state index contributed by atoms with van der Waals surface area (Å²) in [6.07, 6.45) is 6.25. The highest BCUT2D eigenvalue weighted by Crippen LogP contribution is 2.45. The number of hydrogen-bond donors (Lipinski definition) is 0. The molecule has 0 N–H and O–H groups in total. The third-order valence-corrected chi connectivity index (χ3v) is 9.72. The van der Waals surface area contributed by atoms with Gasteiger partial charge in [0.1, 0.15) is 11.4 Å². The molecule has 0 spiro atoms. The van der Waals surface area contributed by atoms with Crippen LogP contribution in [0.1, 0.15) is 0 Å². The minimum atomic E-state index is 0.618. The fraction of sp³-hybridized carbons (Fsp3) is 0. The van der Waals surface area contributed by atoms with Crippen LogP contribution in [0.25, 0.3) is 100.0 Å². The van der Waals surface area contributed by atoms with Crippen LogP contribution >= 0.6 is 0 Å². The Morgan fingerprint density at radius 2 is 0.865 bits per heavy atom. The van der Waals surface area contributed by atoms with Gasteiger partial charge in [0.15, 0.2) is 24.3 Å². The van der Waals surface area contributed by atoms with Crippen molar-refractivity contribution in [2.75, 3.05) is 0 Å². The van der Waals surface area contributed by atoms with Gasteiger partial charge in [0.2, 0.25) is 0 Å². The number of oxazole rings is 2. The zero-order valence-corrected chi connectivity index (χ0v) is 27.8. The number of hydrogen-bond acceptors (Lipinski definition) is 6. The number of pyridine rings is 2. The molecule has 0 amide bonds. The Labute approximate surface area is 298 Å². The van der Waals surface area contributed by atoms with E-state index in [0.29, 0.717) is 11.5 Å². The molecule has 0 saturated heterocycles. The van der Waals surface area contributed by atoms with Crippen LogP contribution < -0.4 is 0 Å². The normalized spacial score (nSPS) is 11.5. The van der Waals surface area contributed by atoms with Crippen molar-refractivity contribution < 1.29 is 8.83 Å². The second-order valence-electron chi connectivity index (χ2n) is 12.7. The Kier molecular flexibility index (Phi) is 7.03. The summed E-state index contributed by atoms with van der Waals surface area (Å²) in [5.74, 6) is 1.24. The van der Waals surface area contributed by atoms with Crippen molar-refractivity contribution in [2.45, 2.75) is 0 Å². The van der Waals surface area contributed by atoms with Crippen LogP contribution in [-0.2, 0) is 0 Å². The monoisotopic (exact) mass is 668 g/mol. The first-order valence-electron chi connectivity index (χ1n) is 17.1. The molecule has 6 heteroatoms. The molecule has 4 heterocycles. The Bertz CT molecular complexity index is 2890. The fourth-order valence-corrected chi connectivity index (χ4v) is 7.34. The van der Waals surface area contributed by atoms with Crippen LogP contribution in [0, 0.1) is 0 Å². The zero-order chi connectivity index (χ0) is 34.4. The average Bonchev–Trinajstić information content (AvgIpc) is 3.96. The van der Waals surface area contributed by atoms with E-state index >= 15 is 0 Å². The van der Waals surface area contributed by atoms with E-state index in [1.54, 1.807) is 12.4 Å². The van der Waals surface area contributed by atoms with Crippen molar-refractivity contribution >= 4 is 32.3 Å². The van der Waals surface area contributed by atoms with Crippen molar-refractivity contribution in [3.05, 3.63) is 171 Å². The summed E-state index contributed by atoms with van der Waals surface area (Å²) in [7, 11) is 0. The van der Waals surface area contributed by atoms with Crippen LogP contribution in [0.5, 0.6) is 0 Å². The van der Waals surface area contributed by atoms with Crippen LogP contribution in [0.2, 0.25) is 0 Å². The van der Waals surface area contributed by atoms with Crippen molar-refractivity contribution in [1.29, 1.82) is 0 Å². The van der Waals surface area contributed by atoms with Gasteiger partial charge in [0.05, 0.1) is 23.8 Å². The van der Waals surface area contributed by atoms with E-state index in [9.17, 15) is 0 Å². The van der Waals surface area contributed by atoms with Gasteiger partial charge in [-0.25, -0.2) is 19.9 Å². The molecule has 6 aromatic carbocycles. The van der Waals surface area contributed by atoms with E-state index in [0.717, 1.165) is 66.6 Å². The minimum Gasteiger partial charge on any atom is -0.442 e. The summed E-state index contributed by atoms with van der Waals surface area (Å²) >= 11 is 0. The number of nitrogens with zero attached hydrogens (tertiary/aromatic N) is 4. The molecule has 0 aliphatic heterocycles. The van der Waals surface area contributed by atoms with Gasteiger partial charge in [-0.2, -0.15) is 0 Å². The molecule has 0 aliphatic rings. The molecule has 6 nitrogen and oxygen atoms in total. The van der Waals surface area contributed by atoms with Gasteiger partial charge in [-0.3, -0.25) is 0 Å². The predicted octanol–water partition coefficient (Wildman–Crippen LogP) is 11.9. The van der Waals surface area contributed by atoms with Gasteiger partial charge in [-0.1, -0.05) is 115 Å². The first-order chi connectivity index (χ1) is 25.8. The van der Waals surface area contributed by atoms with E-state index < -0.39 is 0 Å². The lowest BCUT2D eigenvalue weighted by atomic mass is 9.87. The highest BCUT2D eigenvalue weighted by molar-refractivity contribution is 6.21. The van der Waals surface area contributed by atoms with Gasteiger partial charge in [0, 0.05) is 11.1 Å². The highest BCUT2D eigenvalue weighted by Gasteiger charge is 2.20. The number of fused-ring (bicyclic) bond motifs is 3. The molecule has 0 bridgehead atoms. The molecule has 0 fully saturated rings. The first kappa shape index (κ1) is 29.7. The third kappa shape index (κ3) is 5.05. The Morgan fingerprint density at radius 1 is 0.365 bits per heavy atom. The standard InChI is InChI=1S/C46H28N4O2/c1-2-10-33-30(8-1)9-5-13-34(33)31-20-18-29(19-21-31)32-22-23-37-38(24-32)46(42-17-7-15-40(50-42)44-26-48-28-52-44)36-12-4-3-11-35(36)45(37)41-16-6-14-39(49-41)43-25-47-27-51-43/h1-28H. The maximum absolute atomic E-state index is 5.65. The van der Waals surface area contributed by atoms with Gasteiger partial charge in [0.25, 0.3) is 0 Å². The summed E-state index contributed by atoms with van der Waals surface area (Å²) in [6, 6.07) is 51.1. The summed E-state index contributed by atoms with van der Waals surface area (Å²) < 4.78 is 11.3. The summed E-state index contributed by atoms with van der Waals surface area (Å²) in [5, 5.41) is 6.76. The minimum absolute atomic E-state index is 0.618. The maximum Gasteiger partial charge on any atom is 0.181 e. The van der Waals surface area contributed by atoms with Gasteiger partial charge >= 0.3 is 0 Å². The van der Waals surface area contributed by atoms with E-state index in [2.05, 4.69) is 131 Å². The van der Waals surface area contributed by atoms with Crippen LogP contribution in [0.15, 0.2) is 180 Å². The average molecular weight is 669 g/mol. The van der Waals surface area contributed by atoms with E-state index in [4.69, 9.17) is 18.8 Å². The molecule has 0 saturated carbocycles.